The summed E-state index contributed by atoms with van der Waals surface area (Å²) < 4.78 is 10.8. The predicted molar refractivity (Wildman–Crippen MR) is 118 cm³/mol. The number of hydrogen-bond acceptors (Lipinski definition) is 4. The fraction of sp³-hybridized carbons (Fsp3) is 0.632. The second kappa shape index (κ2) is 10.8. The molecular weight excluding hydrogens is 443 g/mol. The third-order valence-electron chi connectivity index (χ3n) is 4.61. The summed E-state index contributed by atoms with van der Waals surface area (Å²) in [5.74, 6) is 3.11. The van der Waals surface area contributed by atoms with Crippen molar-refractivity contribution < 1.29 is 9.47 Å². The van der Waals surface area contributed by atoms with Crippen molar-refractivity contribution in [3.8, 4) is 11.5 Å². The molecule has 0 heterocycles. The van der Waals surface area contributed by atoms with Gasteiger partial charge in [-0.15, -0.1) is 24.0 Å². The third-order valence-corrected chi connectivity index (χ3v) is 4.61. The summed E-state index contributed by atoms with van der Waals surface area (Å²) in [5.41, 5.74) is 1.15. The lowest BCUT2D eigenvalue weighted by Crippen LogP contribution is -2.39. The van der Waals surface area contributed by atoms with Crippen LogP contribution in [0.25, 0.3) is 0 Å². The number of hydrogen-bond donors (Lipinski definition) is 2. The monoisotopic (exact) mass is 476 g/mol. The number of methoxy groups -OCH3 is 2. The van der Waals surface area contributed by atoms with Crippen LogP contribution in [0.2, 0.25) is 0 Å². The first-order valence-electron chi connectivity index (χ1n) is 8.93. The van der Waals surface area contributed by atoms with Crippen molar-refractivity contribution in [3.05, 3.63) is 23.8 Å². The SMILES string of the molecule is CCNC(=NCC(c1ccc(OC)c(OC)c1)N(C)C)NC1CC1C.I. The van der Waals surface area contributed by atoms with Crippen molar-refractivity contribution in [2.24, 2.45) is 10.9 Å². The molecule has 2 N–H and O–H groups in total. The molecule has 0 amide bonds. The molecule has 0 aromatic heterocycles. The molecule has 2 rings (SSSR count). The third kappa shape index (κ3) is 6.19. The molecule has 0 saturated heterocycles. The quantitative estimate of drug-likeness (QED) is 0.344. The lowest BCUT2D eigenvalue weighted by Gasteiger charge is -2.24. The van der Waals surface area contributed by atoms with Crippen LogP contribution in [-0.2, 0) is 0 Å². The summed E-state index contributed by atoms with van der Waals surface area (Å²) >= 11 is 0. The molecule has 1 fully saturated rings. The van der Waals surface area contributed by atoms with Crippen LogP contribution in [0.5, 0.6) is 11.5 Å². The summed E-state index contributed by atoms with van der Waals surface area (Å²) in [6.07, 6.45) is 1.22. The van der Waals surface area contributed by atoms with Gasteiger partial charge in [-0.1, -0.05) is 13.0 Å². The average molecular weight is 476 g/mol. The Labute approximate surface area is 174 Å². The Morgan fingerprint density at radius 1 is 1.27 bits per heavy atom. The molecule has 1 aliphatic rings. The Morgan fingerprint density at radius 3 is 2.42 bits per heavy atom. The van der Waals surface area contributed by atoms with Gasteiger partial charge in [-0.3, -0.25) is 4.99 Å². The van der Waals surface area contributed by atoms with Crippen molar-refractivity contribution in [3.63, 3.8) is 0 Å². The minimum absolute atomic E-state index is 0. The molecule has 3 unspecified atom stereocenters. The van der Waals surface area contributed by atoms with E-state index >= 15 is 0 Å². The summed E-state index contributed by atoms with van der Waals surface area (Å²) in [6, 6.07) is 6.76. The number of aliphatic imine (C=N–C) groups is 1. The van der Waals surface area contributed by atoms with Gasteiger partial charge in [0.2, 0.25) is 0 Å². The highest BCUT2D eigenvalue weighted by atomic mass is 127. The Bertz CT molecular complexity index is 595. The number of likely N-dealkylation sites (N-methyl/N-ethyl adjacent to an activating group) is 1. The van der Waals surface area contributed by atoms with Crippen LogP contribution in [0.1, 0.15) is 31.9 Å². The number of ether oxygens (including phenoxy) is 2. The first kappa shape index (κ1) is 22.8. The van der Waals surface area contributed by atoms with Gasteiger partial charge in [-0.25, -0.2) is 0 Å². The predicted octanol–water partition coefficient (Wildman–Crippen LogP) is 2.89. The molecule has 148 valence electrons. The van der Waals surface area contributed by atoms with Crippen LogP contribution < -0.4 is 20.1 Å². The van der Waals surface area contributed by atoms with Crippen LogP contribution in [0.3, 0.4) is 0 Å². The van der Waals surface area contributed by atoms with Gasteiger partial charge >= 0.3 is 0 Å². The zero-order chi connectivity index (χ0) is 18.4. The van der Waals surface area contributed by atoms with E-state index in [4.69, 9.17) is 14.5 Å². The van der Waals surface area contributed by atoms with E-state index in [1.54, 1.807) is 14.2 Å². The maximum atomic E-state index is 5.44. The van der Waals surface area contributed by atoms with E-state index in [1.807, 2.05) is 12.1 Å². The zero-order valence-corrected chi connectivity index (χ0v) is 19.0. The molecule has 1 saturated carbocycles. The normalized spacial score (nSPS) is 20.2. The molecule has 3 atom stereocenters. The van der Waals surface area contributed by atoms with Gasteiger partial charge in [-0.2, -0.15) is 0 Å². The lowest BCUT2D eigenvalue weighted by molar-refractivity contribution is 0.303. The van der Waals surface area contributed by atoms with Crippen molar-refractivity contribution in [2.45, 2.75) is 32.4 Å². The largest absolute Gasteiger partial charge is 0.493 e. The van der Waals surface area contributed by atoms with E-state index in [1.165, 1.54) is 6.42 Å². The number of nitrogens with one attached hydrogen (secondary N) is 2. The molecule has 7 heteroatoms. The Morgan fingerprint density at radius 2 is 1.92 bits per heavy atom. The first-order valence-corrected chi connectivity index (χ1v) is 8.93. The topological polar surface area (TPSA) is 58.1 Å². The first-order chi connectivity index (χ1) is 12.0. The molecule has 0 bridgehead atoms. The second-order valence-corrected chi connectivity index (χ2v) is 6.78. The Hall–Kier alpha value is -1.22. The zero-order valence-electron chi connectivity index (χ0n) is 16.7. The molecule has 1 aromatic carbocycles. The standard InChI is InChI=1S/C19H32N4O2.HI/c1-7-20-19(22-15-10-13(15)2)21-12-16(23(3)4)14-8-9-17(24-5)18(11-14)25-6;/h8-9,11,13,15-16H,7,10,12H2,1-6H3,(H2,20,21,22);1H. The highest BCUT2D eigenvalue weighted by molar-refractivity contribution is 14.0. The maximum absolute atomic E-state index is 5.44. The maximum Gasteiger partial charge on any atom is 0.191 e. The molecule has 26 heavy (non-hydrogen) atoms. The second-order valence-electron chi connectivity index (χ2n) is 6.78. The van der Waals surface area contributed by atoms with Crippen LogP contribution >= 0.6 is 24.0 Å². The lowest BCUT2D eigenvalue weighted by atomic mass is 10.1. The summed E-state index contributed by atoms with van der Waals surface area (Å²) in [6.45, 7) is 5.87. The van der Waals surface area contributed by atoms with Gasteiger partial charge < -0.3 is 25.0 Å². The number of benzene rings is 1. The smallest absolute Gasteiger partial charge is 0.191 e. The van der Waals surface area contributed by atoms with Crippen molar-refractivity contribution >= 4 is 29.9 Å². The van der Waals surface area contributed by atoms with E-state index in [9.17, 15) is 0 Å². The van der Waals surface area contributed by atoms with E-state index in [-0.39, 0.29) is 30.0 Å². The fourth-order valence-electron chi connectivity index (χ4n) is 2.82. The molecule has 0 aliphatic heterocycles. The van der Waals surface area contributed by atoms with Crippen LogP contribution in [0.15, 0.2) is 23.2 Å². The Kier molecular flexibility index (Phi) is 9.49. The van der Waals surface area contributed by atoms with E-state index in [2.05, 4.69) is 49.5 Å². The van der Waals surface area contributed by atoms with Crippen LogP contribution in [0.4, 0.5) is 0 Å². The van der Waals surface area contributed by atoms with Crippen molar-refractivity contribution in [1.29, 1.82) is 0 Å². The molecular formula is C19H33IN4O2. The van der Waals surface area contributed by atoms with Gasteiger partial charge in [0, 0.05) is 12.6 Å². The van der Waals surface area contributed by atoms with E-state index in [0.29, 0.717) is 12.6 Å². The minimum atomic E-state index is 0. The van der Waals surface area contributed by atoms with Gasteiger partial charge in [0.15, 0.2) is 17.5 Å². The van der Waals surface area contributed by atoms with E-state index in [0.717, 1.165) is 35.5 Å². The van der Waals surface area contributed by atoms with Crippen LogP contribution in [-0.4, -0.2) is 58.3 Å². The molecule has 1 aromatic rings. The summed E-state index contributed by atoms with van der Waals surface area (Å²) in [4.78, 5) is 6.98. The highest BCUT2D eigenvalue weighted by Crippen LogP contribution is 2.31. The highest BCUT2D eigenvalue weighted by Gasteiger charge is 2.33. The fourth-order valence-corrected chi connectivity index (χ4v) is 2.82. The number of rotatable bonds is 8. The number of guanidine groups is 1. The van der Waals surface area contributed by atoms with Gasteiger partial charge in [0.1, 0.15) is 0 Å². The summed E-state index contributed by atoms with van der Waals surface area (Å²) in [7, 11) is 7.45. The van der Waals surface area contributed by atoms with Gasteiger partial charge in [-0.05, 0) is 51.1 Å². The molecule has 6 nitrogen and oxygen atoms in total. The molecule has 0 radical (unpaired) electrons. The van der Waals surface area contributed by atoms with E-state index < -0.39 is 0 Å². The average Bonchev–Trinajstić information content (AvgIpc) is 3.29. The Balaban J connectivity index is 0.00000338. The summed E-state index contributed by atoms with van der Waals surface area (Å²) in [5, 5.41) is 6.84. The number of nitrogens with zero attached hydrogens (tertiary/aromatic N) is 2. The number of halogens is 1. The minimum Gasteiger partial charge on any atom is -0.493 e. The van der Waals surface area contributed by atoms with Gasteiger partial charge in [0.25, 0.3) is 0 Å². The van der Waals surface area contributed by atoms with Gasteiger partial charge in [0.05, 0.1) is 26.8 Å². The molecule has 0 spiro atoms. The van der Waals surface area contributed by atoms with Crippen molar-refractivity contribution in [2.75, 3.05) is 41.4 Å². The van der Waals surface area contributed by atoms with Crippen LogP contribution in [0, 0.1) is 5.92 Å². The molecule has 1 aliphatic carbocycles. The van der Waals surface area contributed by atoms with Crippen molar-refractivity contribution in [1.82, 2.24) is 15.5 Å².